The minimum atomic E-state index is -0.258. The van der Waals surface area contributed by atoms with Crippen LogP contribution in [-0.4, -0.2) is 33.4 Å². The molecule has 3 N–H and O–H groups in total. The number of hydrogen-bond donors (Lipinski definition) is 2. The number of H-pyrrole nitrogens is 1. The van der Waals surface area contributed by atoms with Crippen LogP contribution in [0.5, 0.6) is 0 Å². The Morgan fingerprint density at radius 3 is 2.61 bits per heavy atom. The molecule has 154 valence electrons. The first-order chi connectivity index (χ1) is 12.6. The van der Waals surface area contributed by atoms with Gasteiger partial charge in [0.2, 0.25) is 5.91 Å². The number of carbonyl (C=O) groups excluding carboxylic acids is 1. The molecule has 1 amide bonds. The minimum absolute atomic E-state index is 0. The highest BCUT2D eigenvalue weighted by atomic mass is 35.5. The zero-order chi connectivity index (χ0) is 18.1. The summed E-state index contributed by atoms with van der Waals surface area (Å²) in [5, 5.41) is 0. The van der Waals surface area contributed by atoms with Crippen LogP contribution < -0.4 is 5.73 Å². The first-order valence-electron chi connectivity index (χ1n) is 9.47. The lowest BCUT2D eigenvalue weighted by molar-refractivity contribution is -0.133. The number of benzene rings is 1. The van der Waals surface area contributed by atoms with E-state index >= 15 is 0 Å². The number of nitrogens with two attached hydrogens (primary N) is 1. The molecule has 1 saturated carbocycles. The molecule has 0 radical (unpaired) electrons. The van der Waals surface area contributed by atoms with E-state index in [9.17, 15) is 9.18 Å². The van der Waals surface area contributed by atoms with Gasteiger partial charge in [-0.1, -0.05) is 6.42 Å². The maximum absolute atomic E-state index is 13.1. The van der Waals surface area contributed by atoms with Crippen LogP contribution in [0.15, 0.2) is 30.5 Å². The summed E-state index contributed by atoms with van der Waals surface area (Å²) in [5.41, 5.74) is 7.87. The Morgan fingerprint density at radius 2 is 1.93 bits per heavy atom. The van der Waals surface area contributed by atoms with Gasteiger partial charge in [-0.15, -0.1) is 24.8 Å². The Kier molecular flexibility index (Phi) is 7.87. The number of halogens is 3. The van der Waals surface area contributed by atoms with Crippen molar-refractivity contribution in [3.63, 3.8) is 0 Å². The Balaban J connectivity index is 0.00000140. The molecule has 2 aromatic rings. The Morgan fingerprint density at radius 1 is 1.18 bits per heavy atom. The summed E-state index contributed by atoms with van der Waals surface area (Å²) < 4.78 is 13.1. The molecule has 2 fully saturated rings. The van der Waals surface area contributed by atoms with Crippen molar-refractivity contribution >= 4 is 30.7 Å². The molecule has 1 aliphatic carbocycles. The molecular formula is C20H27Cl2FN4O. The fourth-order valence-corrected chi connectivity index (χ4v) is 4.29. The van der Waals surface area contributed by atoms with E-state index in [1.54, 1.807) is 18.3 Å². The van der Waals surface area contributed by atoms with Crippen molar-refractivity contribution in [1.82, 2.24) is 14.9 Å². The maximum atomic E-state index is 13.1. The smallest absolute Gasteiger partial charge is 0.223 e. The van der Waals surface area contributed by atoms with E-state index in [1.165, 1.54) is 12.1 Å². The van der Waals surface area contributed by atoms with Gasteiger partial charge in [-0.3, -0.25) is 4.79 Å². The number of nitrogens with zero attached hydrogens (tertiary/aromatic N) is 2. The normalized spacial score (nSPS) is 23.9. The third kappa shape index (κ3) is 4.67. The van der Waals surface area contributed by atoms with Gasteiger partial charge in [0.05, 0.1) is 17.9 Å². The number of hydrogen-bond acceptors (Lipinski definition) is 3. The maximum Gasteiger partial charge on any atom is 0.223 e. The predicted octanol–water partition coefficient (Wildman–Crippen LogP) is 4.24. The van der Waals surface area contributed by atoms with E-state index in [2.05, 4.69) is 9.97 Å². The van der Waals surface area contributed by atoms with Gasteiger partial charge in [-0.05, 0) is 61.4 Å². The van der Waals surface area contributed by atoms with Crippen molar-refractivity contribution in [2.75, 3.05) is 6.54 Å². The highest BCUT2D eigenvalue weighted by Crippen LogP contribution is 2.34. The molecule has 4 rings (SSSR count). The topological polar surface area (TPSA) is 75.0 Å². The first kappa shape index (κ1) is 22.7. The lowest BCUT2D eigenvalue weighted by atomic mass is 9.99. The molecule has 28 heavy (non-hydrogen) atoms. The highest BCUT2D eigenvalue weighted by Gasteiger charge is 2.34. The highest BCUT2D eigenvalue weighted by molar-refractivity contribution is 5.85. The number of amides is 1. The predicted molar refractivity (Wildman–Crippen MR) is 112 cm³/mol. The van der Waals surface area contributed by atoms with Crippen LogP contribution in [0.1, 0.15) is 50.4 Å². The summed E-state index contributed by atoms with van der Waals surface area (Å²) in [5.74, 6) is 1.06. The zero-order valence-corrected chi connectivity index (χ0v) is 17.3. The number of aromatic amines is 1. The molecule has 1 aliphatic heterocycles. The van der Waals surface area contributed by atoms with Crippen molar-refractivity contribution in [3.8, 4) is 11.3 Å². The molecule has 8 heteroatoms. The van der Waals surface area contributed by atoms with Crippen molar-refractivity contribution in [3.05, 3.63) is 42.1 Å². The lowest BCUT2D eigenvalue weighted by Gasteiger charge is -2.25. The van der Waals surface area contributed by atoms with Crippen LogP contribution in [0, 0.1) is 11.7 Å². The van der Waals surface area contributed by atoms with E-state index < -0.39 is 0 Å². The number of nitrogens with one attached hydrogen (secondary N) is 1. The molecule has 3 atom stereocenters. The van der Waals surface area contributed by atoms with Gasteiger partial charge in [0.15, 0.2) is 0 Å². The Labute approximate surface area is 177 Å². The molecule has 2 aliphatic rings. The quantitative estimate of drug-likeness (QED) is 0.764. The van der Waals surface area contributed by atoms with Crippen LogP contribution in [0.4, 0.5) is 4.39 Å². The molecule has 5 nitrogen and oxygen atoms in total. The van der Waals surface area contributed by atoms with Gasteiger partial charge >= 0.3 is 0 Å². The molecule has 1 saturated heterocycles. The van der Waals surface area contributed by atoms with Gasteiger partial charge < -0.3 is 15.6 Å². The lowest BCUT2D eigenvalue weighted by Crippen LogP contribution is -2.35. The molecule has 1 aromatic heterocycles. The van der Waals surface area contributed by atoms with Gasteiger partial charge in [-0.2, -0.15) is 0 Å². The van der Waals surface area contributed by atoms with Crippen molar-refractivity contribution in [2.45, 2.75) is 50.6 Å². The fraction of sp³-hybridized carbons (Fsp3) is 0.500. The van der Waals surface area contributed by atoms with Crippen molar-refractivity contribution in [2.24, 2.45) is 11.7 Å². The molecule has 0 bridgehead atoms. The van der Waals surface area contributed by atoms with Crippen LogP contribution in [0.3, 0.4) is 0 Å². The second kappa shape index (κ2) is 9.72. The Bertz CT molecular complexity index is 783. The van der Waals surface area contributed by atoms with E-state index in [4.69, 9.17) is 5.73 Å². The van der Waals surface area contributed by atoms with Crippen molar-refractivity contribution < 1.29 is 9.18 Å². The van der Waals surface area contributed by atoms with Crippen LogP contribution in [0.2, 0.25) is 0 Å². The second-order valence-corrected chi connectivity index (χ2v) is 7.49. The average molecular weight is 429 g/mol. The van der Waals surface area contributed by atoms with Crippen LogP contribution in [-0.2, 0) is 4.79 Å². The number of rotatable bonds is 4. The van der Waals surface area contributed by atoms with E-state index in [1.807, 2.05) is 4.90 Å². The largest absolute Gasteiger partial charge is 0.340 e. The summed E-state index contributed by atoms with van der Waals surface area (Å²) in [6.45, 7) is 0.776. The minimum Gasteiger partial charge on any atom is -0.340 e. The number of likely N-dealkylation sites (tertiary alicyclic amines) is 1. The summed E-state index contributed by atoms with van der Waals surface area (Å²) in [6.07, 6.45) is 7.42. The summed E-state index contributed by atoms with van der Waals surface area (Å²) in [4.78, 5) is 22.6. The standard InChI is InChI=1S/C20H25FN4O.2ClH/c21-15-8-6-13(7-9-15)17-12-23-20(24-17)18-5-2-10-25(18)19(26)11-14-3-1-4-16(14)22;;/h6-9,12,14,16,18H,1-5,10-11,22H2,(H,23,24);2*1H/t14-,16+,18?;;/m0../s1. The van der Waals surface area contributed by atoms with Gasteiger partial charge in [0.25, 0.3) is 0 Å². The van der Waals surface area contributed by atoms with Crippen LogP contribution in [0.25, 0.3) is 11.3 Å². The van der Waals surface area contributed by atoms with Gasteiger partial charge in [0.1, 0.15) is 11.6 Å². The molecule has 1 unspecified atom stereocenters. The van der Waals surface area contributed by atoms with Crippen molar-refractivity contribution in [1.29, 1.82) is 0 Å². The summed E-state index contributed by atoms with van der Waals surface area (Å²) >= 11 is 0. The van der Waals surface area contributed by atoms with Crippen LogP contribution >= 0.6 is 24.8 Å². The summed E-state index contributed by atoms with van der Waals surface area (Å²) in [7, 11) is 0. The second-order valence-electron chi connectivity index (χ2n) is 7.49. The molecule has 1 aromatic carbocycles. The van der Waals surface area contributed by atoms with E-state index in [0.717, 1.165) is 55.7 Å². The van der Waals surface area contributed by atoms with E-state index in [-0.39, 0.29) is 48.6 Å². The van der Waals surface area contributed by atoms with Gasteiger partial charge in [-0.25, -0.2) is 9.37 Å². The number of carbonyl (C=O) groups is 1. The SMILES string of the molecule is Cl.Cl.N[C@@H]1CCC[C@H]1CC(=O)N1CCCC1c1ncc(-c2ccc(F)cc2)[nH]1. The van der Waals surface area contributed by atoms with E-state index in [0.29, 0.717) is 12.3 Å². The molecule has 0 spiro atoms. The first-order valence-corrected chi connectivity index (χ1v) is 9.47. The monoisotopic (exact) mass is 428 g/mol. The third-order valence-electron chi connectivity index (χ3n) is 5.79. The molecule has 2 heterocycles. The molecular weight excluding hydrogens is 402 g/mol. The Hall–Kier alpha value is -1.63. The zero-order valence-electron chi connectivity index (χ0n) is 15.6. The van der Waals surface area contributed by atoms with Gasteiger partial charge in [0, 0.05) is 19.0 Å². The summed E-state index contributed by atoms with van der Waals surface area (Å²) in [6, 6.07) is 6.48. The fourth-order valence-electron chi connectivity index (χ4n) is 4.29. The average Bonchev–Trinajstić information content (AvgIpc) is 3.36. The number of aromatic nitrogens is 2. The number of imidazole rings is 1. The third-order valence-corrected chi connectivity index (χ3v) is 5.79.